The van der Waals surface area contributed by atoms with Gasteiger partial charge in [-0.2, -0.15) is 11.3 Å². The SMILES string of the molecule is CN(Cc1ccsc1)C(CN)c1cccc(Cl)c1Cl. The van der Waals surface area contributed by atoms with Gasteiger partial charge in [0.1, 0.15) is 0 Å². The zero-order valence-electron chi connectivity index (χ0n) is 10.6. The van der Waals surface area contributed by atoms with Crippen LogP contribution >= 0.6 is 34.5 Å². The van der Waals surface area contributed by atoms with E-state index in [4.69, 9.17) is 28.9 Å². The molecule has 2 nitrogen and oxygen atoms in total. The topological polar surface area (TPSA) is 29.3 Å². The third-order valence-corrected chi connectivity index (χ3v) is 4.67. The van der Waals surface area contributed by atoms with E-state index in [0.29, 0.717) is 16.6 Å². The summed E-state index contributed by atoms with van der Waals surface area (Å²) in [5, 5.41) is 5.38. The maximum Gasteiger partial charge on any atom is 0.0640 e. The highest BCUT2D eigenvalue weighted by molar-refractivity contribution is 7.07. The highest BCUT2D eigenvalue weighted by atomic mass is 35.5. The molecule has 2 rings (SSSR count). The molecule has 1 atom stereocenters. The number of rotatable bonds is 5. The van der Waals surface area contributed by atoms with Crippen LogP contribution in [0.15, 0.2) is 35.0 Å². The molecule has 19 heavy (non-hydrogen) atoms. The number of hydrogen-bond donors (Lipinski definition) is 1. The number of hydrogen-bond acceptors (Lipinski definition) is 3. The molecule has 0 saturated carbocycles. The van der Waals surface area contributed by atoms with Crippen LogP contribution in [0.3, 0.4) is 0 Å². The molecule has 2 aromatic rings. The van der Waals surface area contributed by atoms with Gasteiger partial charge < -0.3 is 5.73 Å². The van der Waals surface area contributed by atoms with Crippen LogP contribution in [-0.2, 0) is 6.54 Å². The Kier molecular flexibility index (Phi) is 5.25. The Labute approximate surface area is 127 Å². The van der Waals surface area contributed by atoms with Gasteiger partial charge in [-0.25, -0.2) is 0 Å². The molecule has 2 N–H and O–H groups in total. The lowest BCUT2D eigenvalue weighted by atomic mass is 10.1. The first kappa shape index (κ1) is 14.8. The second-order valence-corrected chi connectivity index (χ2v) is 6.01. The zero-order chi connectivity index (χ0) is 13.8. The van der Waals surface area contributed by atoms with Crippen molar-refractivity contribution in [1.82, 2.24) is 4.90 Å². The molecular formula is C14H16Cl2N2S. The minimum Gasteiger partial charge on any atom is -0.329 e. The molecule has 5 heteroatoms. The molecule has 0 fully saturated rings. The average Bonchev–Trinajstić information content (AvgIpc) is 2.88. The molecule has 0 aliphatic rings. The largest absolute Gasteiger partial charge is 0.329 e. The molecule has 0 aliphatic heterocycles. The summed E-state index contributed by atoms with van der Waals surface area (Å²) in [5.41, 5.74) is 8.18. The quantitative estimate of drug-likeness (QED) is 0.896. The van der Waals surface area contributed by atoms with Gasteiger partial charge in [0.2, 0.25) is 0 Å². The van der Waals surface area contributed by atoms with E-state index in [1.165, 1.54) is 5.56 Å². The third-order valence-electron chi connectivity index (χ3n) is 3.11. The average molecular weight is 315 g/mol. The highest BCUT2D eigenvalue weighted by Crippen LogP contribution is 2.32. The highest BCUT2D eigenvalue weighted by Gasteiger charge is 2.19. The molecule has 102 valence electrons. The second kappa shape index (κ2) is 6.73. The van der Waals surface area contributed by atoms with Crippen molar-refractivity contribution in [2.24, 2.45) is 5.73 Å². The van der Waals surface area contributed by atoms with E-state index in [-0.39, 0.29) is 6.04 Å². The van der Waals surface area contributed by atoms with Gasteiger partial charge in [-0.05, 0) is 41.1 Å². The van der Waals surface area contributed by atoms with E-state index in [2.05, 4.69) is 21.7 Å². The first-order chi connectivity index (χ1) is 9.13. The predicted molar refractivity (Wildman–Crippen MR) is 84.0 cm³/mol. The lowest BCUT2D eigenvalue weighted by Gasteiger charge is -2.28. The Morgan fingerprint density at radius 1 is 1.32 bits per heavy atom. The van der Waals surface area contributed by atoms with Crippen molar-refractivity contribution in [3.05, 3.63) is 56.2 Å². The lowest BCUT2D eigenvalue weighted by Crippen LogP contribution is -2.30. The first-order valence-electron chi connectivity index (χ1n) is 5.98. The van der Waals surface area contributed by atoms with Crippen LogP contribution in [0.25, 0.3) is 0 Å². The third kappa shape index (κ3) is 3.50. The summed E-state index contributed by atoms with van der Waals surface area (Å²) in [6, 6.07) is 7.86. The maximum atomic E-state index is 6.28. The van der Waals surface area contributed by atoms with Crippen LogP contribution in [0, 0.1) is 0 Å². The molecule has 0 radical (unpaired) electrons. The standard InChI is InChI=1S/C14H16Cl2N2S/c1-18(8-10-5-6-19-9-10)13(7-17)11-3-2-4-12(15)14(11)16/h2-6,9,13H,7-8,17H2,1H3. The normalized spacial score (nSPS) is 12.9. The van der Waals surface area contributed by atoms with Gasteiger partial charge in [0.25, 0.3) is 0 Å². The van der Waals surface area contributed by atoms with Crippen molar-refractivity contribution in [2.75, 3.05) is 13.6 Å². The number of nitrogens with two attached hydrogens (primary N) is 1. The van der Waals surface area contributed by atoms with Gasteiger partial charge in [-0.15, -0.1) is 0 Å². The van der Waals surface area contributed by atoms with E-state index in [1.807, 2.05) is 19.2 Å². The Balaban J connectivity index is 2.21. The molecule has 0 spiro atoms. The fourth-order valence-electron chi connectivity index (χ4n) is 2.10. The Bertz CT molecular complexity index is 528. The van der Waals surface area contributed by atoms with E-state index in [9.17, 15) is 0 Å². The fraction of sp³-hybridized carbons (Fsp3) is 0.286. The number of thiophene rings is 1. The first-order valence-corrected chi connectivity index (χ1v) is 7.68. The number of benzene rings is 1. The monoisotopic (exact) mass is 314 g/mol. The molecule has 1 aromatic carbocycles. The van der Waals surface area contributed by atoms with Gasteiger partial charge in [-0.3, -0.25) is 4.90 Å². The smallest absolute Gasteiger partial charge is 0.0640 e. The van der Waals surface area contributed by atoms with E-state index in [1.54, 1.807) is 17.4 Å². The predicted octanol–water partition coefficient (Wildman–Crippen LogP) is 4.19. The van der Waals surface area contributed by atoms with E-state index >= 15 is 0 Å². The molecular weight excluding hydrogens is 299 g/mol. The zero-order valence-corrected chi connectivity index (χ0v) is 13.0. The van der Waals surface area contributed by atoms with Crippen LogP contribution in [0.2, 0.25) is 10.0 Å². The molecule has 1 unspecified atom stereocenters. The summed E-state index contributed by atoms with van der Waals surface area (Å²) in [6.45, 7) is 1.34. The van der Waals surface area contributed by atoms with Gasteiger partial charge in [0, 0.05) is 19.1 Å². The summed E-state index contributed by atoms with van der Waals surface area (Å²) in [4.78, 5) is 2.19. The Morgan fingerprint density at radius 2 is 2.11 bits per heavy atom. The van der Waals surface area contributed by atoms with Crippen LogP contribution in [0.5, 0.6) is 0 Å². The van der Waals surface area contributed by atoms with Crippen LogP contribution in [0.1, 0.15) is 17.2 Å². The lowest BCUT2D eigenvalue weighted by molar-refractivity contribution is 0.242. The fourth-order valence-corrected chi connectivity index (χ4v) is 3.20. The van der Waals surface area contributed by atoms with E-state index in [0.717, 1.165) is 12.1 Å². The second-order valence-electron chi connectivity index (χ2n) is 4.44. The molecule has 0 amide bonds. The molecule has 1 heterocycles. The van der Waals surface area contributed by atoms with E-state index < -0.39 is 0 Å². The van der Waals surface area contributed by atoms with Crippen LogP contribution in [0.4, 0.5) is 0 Å². The minimum absolute atomic E-state index is 0.0612. The summed E-state index contributed by atoms with van der Waals surface area (Å²) >= 11 is 14.1. The van der Waals surface area contributed by atoms with Crippen LogP contribution < -0.4 is 5.73 Å². The number of likely N-dealkylation sites (N-methyl/N-ethyl adjacent to an activating group) is 1. The molecule has 0 bridgehead atoms. The van der Waals surface area contributed by atoms with Crippen molar-refractivity contribution in [3.63, 3.8) is 0 Å². The molecule has 0 aliphatic carbocycles. The summed E-state index contributed by atoms with van der Waals surface area (Å²) in [5.74, 6) is 0. The minimum atomic E-state index is 0.0612. The van der Waals surface area contributed by atoms with Gasteiger partial charge >= 0.3 is 0 Å². The number of halogens is 2. The van der Waals surface area contributed by atoms with Gasteiger partial charge in [-0.1, -0.05) is 35.3 Å². The van der Waals surface area contributed by atoms with Gasteiger partial charge in [0.15, 0.2) is 0 Å². The Morgan fingerprint density at radius 3 is 2.74 bits per heavy atom. The summed E-state index contributed by atoms with van der Waals surface area (Å²) < 4.78 is 0. The molecule has 1 aromatic heterocycles. The Hall–Kier alpha value is -0.580. The van der Waals surface area contributed by atoms with Crippen molar-refractivity contribution < 1.29 is 0 Å². The number of nitrogens with zero attached hydrogens (tertiary/aromatic N) is 1. The summed E-state index contributed by atoms with van der Waals surface area (Å²) in [7, 11) is 2.05. The van der Waals surface area contributed by atoms with Crippen molar-refractivity contribution in [2.45, 2.75) is 12.6 Å². The van der Waals surface area contributed by atoms with Gasteiger partial charge in [0.05, 0.1) is 10.0 Å². The van der Waals surface area contributed by atoms with Crippen LogP contribution in [-0.4, -0.2) is 18.5 Å². The molecule has 0 saturated heterocycles. The van der Waals surface area contributed by atoms with Crippen molar-refractivity contribution in [1.29, 1.82) is 0 Å². The van der Waals surface area contributed by atoms with Crippen molar-refractivity contribution in [3.8, 4) is 0 Å². The summed E-state index contributed by atoms with van der Waals surface area (Å²) in [6.07, 6.45) is 0. The van der Waals surface area contributed by atoms with Crippen molar-refractivity contribution >= 4 is 34.5 Å². The maximum absolute atomic E-state index is 6.28.